The van der Waals surface area contributed by atoms with E-state index >= 15 is 0 Å². The van der Waals surface area contributed by atoms with Crippen molar-refractivity contribution >= 4 is 33.5 Å². The summed E-state index contributed by atoms with van der Waals surface area (Å²) in [6, 6.07) is 11.8. The van der Waals surface area contributed by atoms with Crippen molar-refractivity contribution in [2.45, 2.75) is 6.54 Å². The van der Waals surface area contributed by atoms with Gasteiger partial charge in [0.2, 0.25) is 5.91 Å². The molecule has 22 heavy (non-hydrogen) atoms. The van der Waals surface area contributed by atoms with Crippen LogP contribution < -0.4 is 0 Å². The van der Waals surface area contributed by atoms with Crippen LogP contribution in [0.25, 0.3) is 16.3 Å². The summed E-state index contributed by atoms with van der Waals surface area (Å²) in [5, 5.41) is 0.837. The van der Waals surface area contributed by atoms with E-state index in [1.54, 1.807) is 47.8 Å². The first-order valence-corrected chi connectivity index (χ1v) is 7.72. The minimum absolute atomic E-state index is 0.0527. The third-order valence-corrected chi connectivity index (χ3v) is 4.20. The lowest BCUT2D eigenvalue weighted by Crippen LogP contribution is -2.24. The third-order valence-electron chi connectivity index (χ3n) is 3.20. The summed E-state index contributed by atoms with van der Waals surface area (Å²) in [5.74, 6) is -0.0527. The van der Waals surface area contributed by atoms with E-state index in [0.29, 0.717) is 6.54 Å². The summed E-state index contributed by atoms with van der Waals surface area (Å²) < 4.78 is 1.12. The molecule has 0 aliphatic heterocycles. The molecular formula is C17H15N3OS. The maximum absolute atomic E-state index is 12.1. The van der Waals surface area contributed by atoms with Crippen molar-refractivity contribution in [3.05, 3.63) is 65.4 Å². The number of carbonyl (C=O) groups is 1. The average Bonchev–Trinajstić information content (AvgIpc) is 2.96. The van der Waals surface area contributed by atoms with Crippen LogP contribution in [0.15, 0.2) is 54.9 Å². The Balaban J connectivity index is 1.67. The Kier molecular flexibility index (Phi) is 4.25. The predicted molar refractivity (Wildman–Crippen MR) is 89.4 cm³/mol. The van der Waals surface area contributed by atoms with Gasteiger partial charge in [-0.25, -0.2) is 4.98 Å². The second-order valence-corrected chi connectivity index (χ2v) is 5.97. The monoisotopic (exact) mass is 309 g/mol. The number of para-hydroxylation sites is 1. The van der Waals surface area contributed by atoms with E-state index in [9.17, 15) is 4.79 Å². The van der Waals surface area contributed by atoms with Gasteiger partial charge in [0.1, 0.15) is 5.01 Å². The number of benzene rings is 1. The van der Waals surface area contributed by atoms with Gasteiger partial charge >= 0.3 is 0 Å². The van der Waals surface area contributed by atoms with Crippen LogP contribution in [0.5, 0.6) is 0 Å². The van der Waals surface area contributed by atoms with Crippen LogP contribution in [0.1, 0.15) is 10.6 Å². The fraction of sp³-hybridized carbons (Fsp3) is 0.118. The SMILES string of the molecule is CN(Cc1cccnc1)C(=O)C=Cc1nc2ccccc2s1. The normalized spacial score (nSPS) is 11.1. The first-order chi connectivity index (χ1) is 10.7. The van der Waals surface area contributed by atoms with Gasteiger partial charge < -0.3 is 4.90 Å². The highest BCUT2D eigenvalue weighted by Crippen LogP contribution is 2.22. The zero-order valence-corrected chi connectivity index (χ0v) is 13.0. The first-order valence-electron chi connectivity index (χ1n) is 6.90. The van der Waals surface area contributed by atoms with E-state index in [2.05, 4.69) is 9.97 Å². The second kappa shape index (κ2) is 6.49. The van der Waals surface area contributed by atoms with Gasteiger partial charge in [-0.1, -0.05) is 18.2 Å². The summed E-state index contributed by atoms with van der Waals surface area (Å²) in [5.41, 5.74) is 1.97. The molecule has 5 heteroatoms. The van der Waals surface area contributed by atoms with Crippen molar-refractivity contribution in [3.8, 4) is 0 Å². The number of aromatic nitrogens is 2. The number of hydrogen-bond acceptors (Lipinski definition) is 4. The van der Waals surface area contributed by atoms with Gasteiger partial charge in [0, 0.05) is 32.1 Å². The number of nitrogens with zero attached hydrogens (tertiary/aromatic N) is 3. The molecule has 3 aromatic rings. The summed E-state index contributed by atoms with van der Waals surface area (Å²) >= 11 is 1.58. The molecule has 1 amide bonds. The van der Waals surface area contributed by atoms with Gasteiger partial charge in [-0.05, 0) is 29.8 Å². The van der Waals surface area contributed by atoms with Crippen LogP contribution in [-0.4, -0.2) is 27.8 Å². The number of likely N-dealkylation sites (N-methyl/N-ethyl adjacent to an activating group) is 1. The lowest BCUT2D eigenvalue weighted by molar-refractivity contribution is -0.125. The van der Waals surface area contributed by atoms with Crippen molar-refractivity contribution in [1.82, 2.24) is 14.9 Å². The highest BCUT2D eigenvalue weighted by atomic mass is 32.1. The fourth-order valence-electron chi connectivity index (χ4n) is 2.07. The average molecular weight is 309 g/mol. The van der Waals surface area contributed by atoms with Crippen molar-refractivity contribution in [2.75, 3.05) is 7.05 Å². The van der Waals surface area contributed by atoms with Crippen molar-refractivity contribution in [3.63, 3.8) is 0 Å². The van der Waals surface area contributed by atoms with Crippen molar-refractivity contribution in [2.24, 2.45) is 0 Å². The van der Waals surface area contributed by atoms with Crippen molar-refractivity contribution in [1.29, 1.82) is 0 Å². The highest BCUT2D eigenvalue weighted by Gasteiger charge is 2.06. The molecule has 0 aliphatic rings. The van der Waals surface area contributed by atoms with Gasteiger partial charge in [0.25, 0.3) is 0 Å². The molecule has 0 radical (unpaired) electrons. The van der Waals surface area contributed by atoms with Gasteiger partial charge in [-0.2, -0.15) is 0 Å². The number of carbonyl (C=O) groups excluding carboxylic acids is 1. The molecule has 0 saturated heterocycles. The molecular weight excluding hydrogens is 294 g/mol. The Morgan fingerprint density at radius 3 is 2.91 bits per heavy atom. The maximum Gasteiger partial charge on any atom is 0.246 e. The Morgan fingerprint density at radius 2 is 2.14 bits per heavy atom. The summed E-state index contributed by atoms with van der Waals surface area (Å²) in [7, 11) is 1.78. The number of pyridine rings is 1. The van der Waals surface area contributed by atoms with Gasteiger partial charge in [0.05, 0.1) is 10.2 Å². The largest absolute Gasteiger partial charge is 0.338 e. The number of rotatable bonds is 4. The number of hydrogen-bond donors (Lipinski definition) is 0. The smallest absolute Gasteiger partial charge is 0.246 e. The van der Waals surface area contributed by atoms with E-state index < -0.39 is 0 Å². The second-order valence-electron chi connectivity index (χ2n) is 4.91. The third kappa shape index (κ3) is 3.38. The molecule has 0 atom stereocenters. The van der Waals surface area contributed by atoms with Gasteiger partial charge in [0.15, 0.2) is 0 Å². The lowest BCUT2D eigenvalue weighted by Gasteiger charge is -2.14. The molecule has 0 unspecified atom stereocenters. The molecule has 3 rings (SSSR count). The molecule has 0 fully saturated rings. The van der Waals surface area contributed by atoms with Crippen LogP contribution in [0.3, 0.4) is 0 Å². The van der Waals surface area contributed by atoms with E-state index in [0.717, 1.165) is 20.8 Å². The molecule has 2 aromatic heterocycles. The molecule has 4 nitrogen and oxygen atoms in total. The van der Waals surface area contributed by atoms with E-state index in [1.807, 2.05) is 36.4 Å². The van der Waals surface area contributed by atoms with E-state index in [1.165, 1.54) is 0 Å². The lowest BCUT2D eigenvalue weighted by atomic mass is 10.2. The van der Waals surface area contributed by atoms with Crippen LogP contribution in [0, 0.1) is 0 Å². The molecule has 0 N–H and O–H groups in total. The number of fused-ring (bicyclic) bond motifs is 1. The molecule has 110 valence electrons. The number of amides is 1. The minimum Gasteiger partial charge on any atom is -0.338 e. The molecule has 0 spiro atoms. The van der Waals surface area contributed by atoms with E-state index in [4.69, 9.17) is 0 Å². The fourth-order valence-corrected chi connectivity index (χ4v) is 2.94. The molecule has 1 aromatic carbocycles. The van der Waals surface area contributed by atoms with Crippen LogP contribution in [-0.2, 0) is 11.3 Å². The maximum atomic E-state index is 12.1. The summed E-state index contributed by atoms with van der Waals surface area (Å²) in [6.07, 6.45) is 6.82. The predicted octanol–water partition coefficient (Wildman–Crippen LogP) is 3.36. The molecule has 0 aliphatic carbocycles. The Bertz CT molecular complexity index is 778. The first kappa shape index (κ1) is 14.4. The van der Waals surface area contributed by atoms with E-state index in [-0.39, 0.29) is 5.91 Å². The number of thiazole rings is 1. The Labute approximate surface area is 132 Å². The molecule has 0 saturated carbocycles. The zero-order valence-electron chi connectivity index (χ0n) is 12.1. The highest BCUT2D eigenvalue weighted by molar-refractivity contribution is 7.19. The van der Waals surface area contributed by atoms with Gasteiger partial charge in [-0.3, -0.25) is 9.78 Å². The quantitative estimate of drug-likeness (QED) is 0.694. The summed E-state index contributed by atoms with van der Waals surface area (Å²) in [4.78, 5) is 22.3. The zero-order chi connectivity index (χ0) is 15.4. The van der Waals surface area contributed by atoms with Gasteiger partial charge in [-0.15, -0.1) is 11.3 Å². The summed E-state index contributed by atoms with van der Waals surface area (Å²) in [6.45, 7) is 0.539. The molecule has 2 heterocycles. The topological polar surface area (TPSA) is 46.1 Å². The molecule has 0 bridgehead atoms. The Morgan fingerprint density at radius 1 is 1.27 bits per heavy atom. The Hall–Kier alpha value is -2.53. The van der Waals surface area contributed by atoms with Crippen LogP contribution in [0.4, 0.5) is 0 Å². The minimum atomic E-state index is -0.0527. The standard InChI is InChI=1S/C17H15N3OS/c1-20(12-13-5-4-10-18-11-13)17(21)9-8-16-19-14-6-2-3-7-15(14)22-16/h2-11H,12H2,1H3. The van der Waals surface area contributed by atoms with Crippen LogP contribution in [0.2, 0.25) is 0 Å². The van der Waals surface area contributed by atoms with Crippen LogP contribution >= 0.6 is 11.3 Å². The van der Waals surface area contributed by atoms with Crippen molar-refractivity contribution < 1.29 is 4.79 Å².